The normalized spacial score (nSPS) is 17.6. The first-order valence-corrected chi connectivity index (χ1v) is 6.55. The molecule has 1 aliphatic rings. The largest absolute Gasteiger partial charge is 0.388 e. The average Bonchev–Trinajstić information content (AvgIpc) is 3.00. The number of nitrogens with two attached hydrogens (primary N) is 1. The highest BCUT2D eigenvalue weighted by atomic mass is 16.5. The summed E-state index contributed by atoms with van der Waals surface area (Å²) in [5.41, 5.74) is 4.83. The smallest absolute Gasteiger partial charge is 0.258 e. The van der Waals surface area contributed by atoms with Crippen molar-refractivity contribution in [1.82, 2.24) is 29.7 Å². The molecule has 1 aliphatic heterocycles. The Labute approximate surface area is 120 Å². The minimum absolute atomic E-state index is 0.0666. The maximum atomic E-state index is 10.4. The fourth-order valence-electron chi connectivity index (χ4n) is 2.05. The fourth-order valence-corrected chi connectivity index (χ4v) is 2.05. The third kappa shape index (κ3) is 3.23. The van der Waals surface area contributed by atoms with Crippen molar-refractivity contribution in [3.8, 4) is 5.95 Å². The SMILES string of the molecule is Nc1nc(NCC2(O)CCOCC2)nc(-n2cncn2)n1. The zero-order chi connectivity index (χ0) is 14.7. The summed E-state index contributed by atoms with van der Waals surface area (Å²) in [6, 6.07) is 0. The molecule has 1 fully saturated rings. The Hall–Kier alpha value is -2.33. The molecule has 4 N–H and O–H groups in total. The van der Waals surface area contributed by atoms with Crippen LogP contribution in [0.15, 0.2) is 12.7 Å². The molecule has 0 bridgehead atoms. The zero-order valence-electron chi connectivity index (χ0n) is 11.3. The molecule has 1 saturated heterocycles. The first-order valence-electron chi connectivity index (χ1n) is 6.55. The van der Waals surface area contributed by atoms with Gasteiger partial charge in [-0.2, -0.15) is 24.7 Å². The summed E-state index contributed by atoms with van der Waals surface area (Å²) in [4.78, 5) is 16.0. The number of aromatic nitrogens is 6. The maximum Gasteiger partial charge on any atom is 0.258 e. The third-order valence-corrected chi connectivity index (χ3v) is 3.26. The van der Waals surface area contributed by atoms with E-state index in [-0.39, 0.29) is 17.8 Å². The quantitative estimate of drug-likeness (QED) is 0.647. The van der Waals surface area contributed by atoms with Crippen molar-refractivity contribution in [3.05, 3.63) is 12.7 Å². The summed E-state index contributed by atoms with van der Waals surface area (Å²) in [6.45, 7) is 1.40. The van der Waals surface area contributed by atoms with Gasteiger partial charge >= 0.3 is 0 Å². The number of nitrogens with zero attached hydrogens (tertiary/aromatic N) is 6. The van der Waals surface area contributed by atoms with Crippen LogP contribution in [0.2, 0.25) is 0 Å². The molecule has 0 amide bonds. The van der Waals surface area contributed by atoms with Crippen LogP contribution in [0, 0.1) is 0 Å². The minimum atomic E-state index is -0.826. The van der Waals surface area contributed by atoms with Crippen molar-refractivity contribution in [2.45, 2.75) is 18.4 Å². The summed E-state index contributed by atoms with van der Waals surface area (Å²) < 4.78 is 6.62. The van der Waals surface area contributed by atoms with Crippen molar-refractivity contribution in [3.63, 3.8) is 0 Å². The molecule has 0 aliphatic carbocycles. The van der Waals surface area contributed by atoms with Crippen LogP contribution in [0.1, 0.15) is 12.8 Å². The van der Waals surface area contributed by atoms with Crippen LogP contribution in [-0.2, 0) is 4.74 Å². The van der Waals surface area contributed by atoms with Gasteiger partial charge in [-0.15, -0.1) is 0 Å². The highest BCUT2D eigenvalue weighted by Gasteiger charge is 2.29. The van der Waals surface area contributed by atoms with Gasteiger partial charge in [-0.3, -0.25) is 0 Å². The molecule has 0 aromatic carbocycles. The van der Waals surface area contributed by atoms with E-state index in [1.165, 1.54) is 17.3 Å². The second kappa shape index (κ2) is 5.58. The van der Waals surface area contributed by atoms with Gasteiger partial charge in [0.25, 0.3) is 5.95 Å². The molecular formula is C11H16N8O2. The van der Waals surface area contributed by atoms with E-state index in [1.807, 2.05) is 0 Å². The van der Waals surface area contributed by atoms with Gasteiger partial charge in [0.15, 0.2) is 0 Å². The van der Waals surface area contributed by atoms with E-state index in [9.17, 15) is 5.11 Å². The molecule has 112 valence electrons. The van der Waals surface area contributed by atoms with Gasteiger partial charge in [0.2, 0.25) is 11.9 Å². The molecule has 10 nitrogen and oxygen atoms in total. The van der Waals surface area contributed by atoms with Crippen LogP contribution in [0.25, 0.3) is 5.95 Å². The number of ether oxygens (including phenoxy) is 1. The third-order valence-electron chi connectivity index (χ3n) is 3.26. The van der Waals surface area contributed by atoms with E-state index in [4.69, 9.17) is 10.5 Å². The lowest BCUT2D eigenvalue weighted by Crippen LogP contribution is -2.42. The predicted molar refractivity (Wildman–Crippen MR) is 72.6 cm³/mol. The topological polar surface area (TPSA) is 137 Å². The number of anilines is 2. The van der Waals surface area contributed by atoms with Crippen LogP contribution in [0.4, 0.5) is 11.9 Å². The second-order valence-electron chi connectivity index (χ2n) is 4.85. The van der Waals surface area contributed by atoms with Gasteiger partial charge in [-0.25, -0.2) is 4.98 Å². The van der Waals surface area contributed by atoms with E-state index in [1.54, 1.807) is 0 Å². The van der Waals surface area contributed by atoms with Crippen LogP contribution in [-0.4, -0.2) is 60.2 Å². The number of aliphatic hydroxyl groups is 1. The van der Waals surface area contributed by atoms with E-state index in [2.05, 4.69) is 30.4 Å². The van der Waals surface area contributed by atoms with Gasteiger partial charge in [0.05, 0.1) is 5.60 Å². The molecule has 0 saturated carbocycles. The predicted octanol–water partition coefficient (Wildman–Crippen LogP) is -1.01. The lowest BCUT2D eigenvalue weighted by atomic mass is 9.94. The number of nitrogens with one attached hydrogen (secondary N) is 1. The van der Waals surface area contributed by atoms with Gasteiger partial charge in [0, 0.05) is 32.6 Å². The van der Waals surface area contributed by atoms with Gasteiger partial charge in [-0.1, -0.05) is 0 Å². The number of hydrogen-bond acceptors (Lipinski definition) is 9. The first-order chi connectivity index (χ1) is 10.1. The number of nitrogen functional groups attached to an aromatic ring is 1. The second-order valence-corrected chi connectivity index (χ2v) is 4.85. The summed E-state index contributed by atoms with van der Waals surface area (Å²) in [5.74, 6) is 0.617. The van der Waals surface area contributed by atoms with Crippen molar-refractivity contribution in [2.75, 3.05) is 30.8 Å². The lowest BCUT2D eigenvalue weighted by molar-refractivity contribution is -0.0544. The maximum absolute atomic E-state index is 10.4. The van der Waals surface area contributed by atoms with Gasteiger partial charge in [0.1, 0.15) is 12.7 Å². The molecule has 0 radical (unpaired) electrons. The van der Waals surface area contributed by atoms with Crippen LogP contribution >= 0.6 is 0 Å². The summed E-state index contributed by atoms with van der Waals surface area (Å²) >= 11 is 0. The van der Waals surface area contributed by atoms with Crippen LogP contribution in [0.3, 0.4) is 0 Å². The molecule has 0 atom stereocenters. The highest BCUT2D eigenvalue weighted by Crippen LogP contribution is 2.20. The molecule has 10 heteroatoms. The molecule has 0 spiro atoms. The molecule has 2 aromatic heterocycles. The Kier molecular flexibility index (Phi) is 3.62. The number of rotatable bonds is 4. The van der Waals surface area contributed by atoms with E-state index in [0.717, 1.165) is 0 Å². The van der Waals surface area contributed by atoms with Gasteiger partial charge in [-0.05, 0) is 0 Å². The van der Waals surface area contributed by atoms with E-state index in [0.29, 0.717) is 32.6 Å². The molecule has 2 aromatic rings. The average molecular weight is 292 g/mol. The Balaban J connectivity index is 1.73. The van der Waals surface area contributed by atoms with Crippen LogP contribution < -0.4 is 11.1 Å². The van der Waals surface area contributed by atoms with Crippen molar-refractivity contribution in [2.24, 2.45) is 0 Å². The first kappa shape index (κ1) is 13.6. The highest BCUT2D eigenvalue weighted by molar-refractivity contribution is 5.35. The Morgan fingerprint density at radius 3 is 2.86 bits per heavy atom. The van der Waals surface area contributed by atoms with Crippen molar-refractivity contribution >= 4 is 11.9 Å². The molecular weight excluding hydrogens is 276 g/mol. The molecule has 0 unspecified atom stereocenters. The minimum Gasteiger partial charge on any atom is -0.388 e. The Morgan fingerprint density at radius 1 is 1.33 bits per heavy atom. The van der Waals surface area contributed by atoms with Crippen LogP contribution in [0.5, 0.6) is 0 Å². The summed E-state index contributed by atoms with van der Waals surface area (Å²) in [7, 11) is 0. The Bertz CT molecular complexity index is 596. The summed E-state index contributed by atoms with van der Waals surface area (Å²) in [5, 5.41) is 17.3. The summed E-state index contributed by atoms with van der Waals surface area (Å²) in [6.07, 6.45) is 3.97. The molecule has 3 heterocycles. The fraction of sp³-hybridized carbons (Fsp3) is 0.545. The molecule has 3 rings (SSSR count). The van der Waals surface area contributed by atoms with Crippen molar-refractivity contribution in [1.29, 1.82) is 0 Å². The van der Waals surface area contributed by atoms with Crippen molar-refractivity contribution < 1.29 is 9.84 Å². The number of hydrogen-bond donors (Lipinski definition) is 3. The standard InChI is InChI=1S/C11H16N8O2/c12-8-16-9(14-5-11(20)1-3-21-4-2-11)18-10(17-8)19-7-13-6-15-19/h6-7,20H,1-5H2,(H3,12,14,16,17,18). The van der Waals surface area contributed by atoms with Gasteiger partial charge < -0.3 is 20.9 Å². The van der Waals surface area contributed by atoms with E-state index < -0.39 is 5.60 Å². The van der Waals surface area contributed by atoms with E-state index >= 15 is 0 Å². The Morgan fingerprint density at radius 2 is 2.14 bits per heavy atom. The monoisotopic (exact) mass is 292 g/mol. The lowest BCUT2D eigenvalue weighted by Gasteiger charge is -2.32. The zero-order valence-corrected chi connectivity index (χ0v) is 11.3. The molecule has 21 heavy (non-hydrogen) atoms.